The van der Waals surface area contributed by atoms with Gasteiger partial charge in [0.15, 0.2) is 5.96 Å². The van der Waals surface area contributed by atoms with Gasteiger partial charge in [0.05, 0.1) is 42.5 Å². The second kappa shape index (κ2) is 17.2. The van der Waals surface area contributed by atoms with Gasteiger partial charge in [-0.1, -0.05) is 67.1 Å². The van der Waals surface area contributed by atoms with Crippen LogP contribution in [0, 0.1) is 40.4 Å². The fraction of sp³-hybridized carbons (Fsp3) is 0.673. The zero-order valence-electron chi connectivity index (χ0n) is 36.5. The molecule has 3 aromatic rings. The number of epoxide rings is 1. The molecule has 9 rings (SSSR count). The van der Waals surface area contributed by atoms with E-state index in [0.717, 1.165) is 81.5 Å². The van der Waals surface area contributed by atoms with Crippen LogP contribution in [0.5, 0.6) is 0 Å². The quantitative estimate of drug-likeness (QED) is 0.0502. The van der Waals surface area contributed by atoms with E-state index >= 15 is 0 Å². The second-order valence-electron chi connectivity index (χ2n) is 21.3. The summed E-state index contributed by atoms with van der Waals surface area (Å²) in [7, 11) is 0. The van der Waals surface area contributed by atoms with Gasteiger partial charge in [-0.25, -0.2) is 0 Å². The van der Waals surface area contributed by atoms with E-state index in [2.05, 4.69) is 73.8 Å². The number of nitrogens with zero attached hydrogens (tertiary/aromatic N) is 1. The van der Waals surface area contributed by atoms with Gasteiger partial charge >= 0.3 is 0 Å². The largest absolute Gasteiger partial charge is 0.471 e. The van der Waals surface area contributed by atoms with Crippen LogP contribution in [0.1, 0.15) is 140 Å². The molecule has 8 nitrogen and oxygen atoms in total. The van der Waals surface area contributed by atoms with Crippen LogP contribution < -0.4 is 11.1 Å². The topological polar surface area (TPSA) is 137 Å². The van der Waals surface area contributed by atoms with Crippen LogP contribution in [-0.2, 0) is 11.2 Å². The molecule has 1 spiro atoms. The maximum atomic E-state index is 11.3. The average molecular weight is 820 g/mol. The summed E-state index contributed by atoms with van der Waals surface area (Å²) in [6.07, 6.45) is 24.5. The first-order chi connectivity index (χ1) is 29.0. The lowest BCUT2D eigenvalue weighted by Gasteiger charge is -2.58. The number of nitrogens with one attached hydrogen (secondary N) is 1. The molecule has 6 fully saturated rings. The number of aliphatic hydroxyl groups is 3. The molecule has 1 aliphatic heterocycles. The van der Waals surface area contributed by atoms with Crippen molar-refractivity contribution in [2.24, 2.45) is 51.1 Å². The average Bonchev–Trinajstić information content (AvgIpc) is 3.69. The summed E-state index contributed by atoms with van der Waals surface area (Å²) in [6, 6.07) is 17.2. The molecule has 1 aromatic heterocycles. The van der Waals surface area contributed by atoms with Gasteiger partial charge < -0.3 is 35.5 Å². The van der Waals surface area contributed by atoms with Crippen molar-refractivity contribution in [1.82, 2.24) is 5.32 Å². The summed E-state index contributed by atoms with van der Waals surface area (Å²) < 4.78 is 12.4. The number of rotatable bonds is 13. The fourth-order valence-corrected chi connectivity index (χ4v) is 14.1. The van der Waals surface area contributed by atoms with Crippen LogP contribution in [-0.4, -0.2) is 64.4 Å². The maximum Gasteiger partial charge on any atom is 0.188 e. The van der Waals surface area contributed by atoms with Crippen molar-refractivity contribution in [3.8, 4) is 0 Å². The zero-order chi connectivity index (χ0) is 41.5. The number of aliphatic hydroxyl groups excluding tert-OH is 2. The minimum atomic E-state index is -0.707. The molecule has 5 saturated carbocycles. The van der Waals surface area contributed by atoms with Crippen molar-refractivity contribution in [2.45, 2.75) is 159 Å². The first-order valence-electron chi connectivity index (χ1n) is 23.9. The summed E-state index contributed by atoms with van der Waals surface area (Å²) in [5.41, 5.74) is 10.4. The van der Waals surface area contributed by atoms with E-state index in [1.54, 1.807) is 0 Å². The minimum Gasteiger partial charge on any atom is -0.471 e. The Labute approximate surface area is 358 Å². The van der Waals surface area contributed by atoms with Crippen molar-refractivity contribution >= 4 is 16.7 Å². The first kappa shape index (κ1) is 42.1. The van der Waals surface area contributed by atoms with Crippen molar-refractivity contribution in [2.75, 3.05) is 19.7 Å². The van der Waals surface area contributed by atoms with E-state index in [1.165, 1.54) is 61.6 Å². The molecule has 0 bridgehead atoms. The van der Waals surface area contributed by atoms with Crippen molar-refractivity contribution in [3.05, 3.63) is 83.8 Å². The van der Waals surface area contributed by atoms with Crippen LogP contribution in [0.3, 0.4) is 0 Å². The van der Waals surface area contributed by atoms with Gasteiger partial charge in [0, 0.05) is 41.6 Å². The van der Waals surface area contributed by atoms with Gasteiger partial charge in [-0.2, -0.15) is 0 Å². The van der Waals surface area contributed by atoms with E-state index < -0.39 is 5.60 Å². The first-order valence-corrected chi connectivity index (χ1v) is 23.9. The monoisotopic (exact) mass is 820 g/mol. The molecule has 8 heteroatoms. The summed E-state index contributed by atoms with van der Waals surface area (Å²) >= 11 is 0. The molecule has 0 amide bonds. The summed E-state index contributed by atoms with van der Waals surface area (Å²) in [5, 5.41) is 37.9. The van der Waals surface area contributed by atoms with Gasteiger partial charge in [0.25, 0.3) is 0 Å². The Morgan fingerprint density at radius 1 is 0.967 bits per heavy atom. The fourth-order valence-electron chi connectivity index (χ4n) is 14.1. The Bertz CT molecular complexity index is 2000. The molecule has 0 radical (unpaired) electrons. The Balaban J connectivity index is 0.815. The highest BCUT2D eigenvalue weighted by molar-refractivity contribution is 5.85. The SMILES string of the molecule is C[C@]1([C@@H]2CC[C@H](CNC(N)=NC[C@H](CCc3ccccc3)c3cccc4cocc34)C2)C[C@@H]2/C(=C\CO)C[C@@]3(CC[C@H](CC[C@@]4(O)CCC[C@H](O)C4)C3)[C@@H]3O[C@]3(C)CC[C@H]21. The number of nitrogens with two attached hydrogens (primary N) is 1. The Kier molecular flexibility index (Phi) is 12.1. The van der Waals surface area contributed by atoms with Crippen molar-refractivity contribution < 1.29 is 24.5 Å². The van der Waals surface area contributed by atoms with Crippen molar-refractivity contribution in [3.63, 3.8) is 0 Å². The van der Waals surface area contributed by atoms with E-state index in [0.29, 0.717) is 53.9 Å². The number of benzene rings is 2. The number of furan rings is 1. The summed E-state index contributed by atoms with van der Waals surface area (Å²) in [4.78, 5) is 4.95. The smallest absolute Gasteiger partial charge is 0.188 e. The Morgan fingerprint density at radius 3 is 2.67 bits per heavy atom. The normalized spacial score (nSPS) is 39.1. The lowest BCUT2D eigenvalue weighted by Crippen LogP contribution is -2.51. The number of aliphatic imine (C=N–C) groups is 1. The second-order valence-corrected chi connectivity index (χ2v) is 21.3. The number of ether oxygens (including phenoxy) is 1. The molecule has 12 atom stereocenters. The lowest BCUT2D eigenvalue weighted by atomic mass is 9.46. The molecule has 60 heavy (non-hydrogen) atoms. The summed E-state index contributed by atoms with van der Waals surface area (Å²) in [5.74, 6) is 3.80. The third kappa shape index (κ3) is 8.61. The lowest BCUT2D eigenvalue weighted by molar-refractivity contribution is -0.0698. The molecule has 1 saturated heterocycles. The predicted octanol–water partition coefficient (Wildman–Crippen LogP) is 9.60. The molecular formula is C52H73N3O5. The molecule has 6 N–H and O–H groups in total. The molecule has 2 aromatic carbocycles. The van der Waals surface area contributed by atoms with Crippen molar-refractivity contribution in [1.29, 1.82) is 0 Å². The van der Waals surface area contributed by atoms with Gasteiger partial charge in [-0.15, -0.1) is 0 Å². The number of fused-ring (bicyclic) bond motifs is 4. The molecule has 6 aliphatic rings. The third-order valence-electron chi connectivity index (χ3n) is 17.5. The Morgan fingerprint density at radius 2 is 1.83 bits per heavy atom. The third-order valence-corrected chi connectivity index (χ3v) is 17.5. The minimum absolute atomic E-state index is 0.0547. The van der Waals surface area contributed by atoms with E-state index in [9.17, 15) is 15.3 Å². The highest BCUT2D eigenvalue weighted by atomic mass is 16.6. The van der Waals surface area contributed by atoms with Gasteiger partial charge in [-0.3, -0.25) is 4.99 Å². The number of aryl methyl sites for hydroxylation is 1. The van der Waals surface area contributed by atoms with E-state index in [-0.39, 0.29) is 35.7 Å². The van der Waals surface area contributed by atoms with Crippen LogP contribution in [0.25, 0.3) is 10.8 Å². The van der Waals surface area contributed by atoms with E-state index in [1.807, 2.05) is 12.5 Å². The number of hydrogen-bond acceptors (Lipinski definition) is 6. The van der Waals surface area contributed by atoms with E-state index in [4.69, 9.17) is 19.9 Å². The number of guanidine groups is 1. The molecular weight excluding hydrogens is 747 g/mol. The molecule has 2 heterocycles. The van der Waals surface area contributed by atoms with Crippen LogP contribution in [0.4, 0.5) is 0 Å². The molecule has 326 valence electrons. The molecule has 0 unspecified atom stereocenters. The van der Waals surface area contributed by atoms with Gasteiger partial charge in [0.2, 0.25) is 0 Å². The predicted molar refractivity (Wildman–Crippen MR) is 239 cm³/mol. The van der Waals surface area contributed by atoms with Crippen LogP contribution >= 0.6 is 0 Å². The van der Waals surface area contributed by atoms with Gasteiger partial charge in [-0.05, 0) is 162 Å². The standard InChI is InChI=1S/C52H73N3O5/c1-49(41-16-14-37(26-41)31-54-48(53)55-32-39(15-13-35-8-4-3-5-9-35)43-12-6-10-40-33-59-34-45(40)43)30-44-38(20-25-56)28-51(47-50(2,60-47)22-19-46(44)49)23-17-36(27-51)18-24-52(58)21-7-11-42(57)29-52/h3-6,8-10,12,20,33-34,36-37,39,41-42,44,46-47,56-58H,7,11,13-19,21-32H2,1-2H3,(H3,53,54,55)/b38-20-/t36-,37+,39+,41-,42+,44-,46-,47-,49-,50-,51+,52+/m1/s1. The maximum absolute atomic E-state index is 11.3. The number of allylic oxidation sites excluding steroid dienone is 1. The highest BCUT2D eigenvalue weighted by Gasteiger charge is 2.67. The highest BCUT2D eigenvalue weighted by Crippen LogP contribution is 2.69. The van der Waals surface area contributed by atoms with Gasteiger partial charge in [0.1, 0.15) is 0 Å². The Hall–Kier alpha value is -3.17. The number of hydrogen-bond donors (Lipinski definition) is 5. The van der Waals surface area contributed by atoms with Crippen LogP contribution in [0.2, 0.25) is 0 Å². The summed E-state index contributed by atoms with van der Waals surface area (Å²) in [6.45, 7) is 6.59. The zero-order valence-corrected chi connectivity index (χ0v) is 36.5. The molecule has 5 aliphatic carbocycles. The van der Waals surface area contributed by atoms with Crippen LogP contribution in [0.15, 0.2) is 82.1 Å².